The van der Waals surface area contributed by atoms with Crippen molar-refractivity contribution in [1.82, 2.24) is 0 Å². The van der Waals surface area contributed by atoms with Crippen LogP contribution >= 0.6 is 0 Å². The van der Waals surface area contributed by atoms with E-state index in [1.807, 2.05) is 0 Å². The highest BCUT2D eigenvalue weighted by Crippen LogP contribution is 2.54. The Balaban J connectivity index is 1.03. The average molecular weight is 717 g/mol. The predicted octanol–water partition coefficient (Wildman–Crippen LogP) is 15.0. The molecule has 0 atom stereocenters. The van der Waals surface area contributed by atoms with Crippen LogP contribution < -0.4 is 0 Å². The van der Waals surface area contributed by atoms with Crippen molar-refractivity contribution in [2.75, 3.05) is 0 Å². The molecule has 0 fully saturated rings. The van der Waals surface area contributed by atoms with Crippen LogP contribution in [0.25, 0.3) is 94.4 Å². The second-order valence-corrected chi connectivity index (χ2v) is 16.6. The van der Waals surface area contributed by atoms with Crippen LogP contribution in [0.15, 0.2) is 150 Å². The van der Waals surface area contributed by atoms with Crippen molar-refractivity contribution in [3.8, 4) is 33.4 Å². The minimum absolute atomic E-state index is 0.154. The maximum absolute atomic E-state index is 6.49. The standard InChI is InChI=1S/C55H40O/c1-55(2)48-27-25-37-30-47-40-14-10-11-19-50(40)56-51(47)32-46(37)54(48)45-26-24-39(31-49(45)55)53-43-17-8-6-15-41(43)52(42-16-7-9-18-44(42)53)38-23-22-35-28-34(20-21-36(35)29-38)33-12-4-3-5-13-33/h3-10,12-18,22-32H,11,19-21H2,1-2H3. The van der Waals surface area contributed by atoms with Gasteiger partial charge >= 0.3 is 0 Å². The van der Waals surface area contributed by atoms with Gasteiger partial charge in [-0.2, -0.15) is 0 Å². The highest BCUT2D eigenvalue weighted by atomic mass is 16.3. The molecule has 3 aliphatic rings. The molecule has 0 spiro atoms. The molecule has 1 aromatic heterocycles. The summed E-state index contributed by atoms with van der Waals surface area (Å²) in [5, 5.41) is 8.96. The highest BCUT2D eigenvalue weighted by molar-refractivity contribution is 6.21. The zero-order chi connectivity index (χ0) is 37.1. The molecule has 266 valence electrons. The molecule has 0 aliphatic heterocycles. The van der Waals surface area contributed by atoms with Crippen LogP contribution in [0, 0.1) is 0 Å². The van der Waals surface area contributed by atoms with Gasteiger partial charge in [0, 0.05) is 22.8 Å². The van der Waals surface area contributed by atoms with Crippen LogP contribution in [-0.4, -0.2) is 0 Å². The number of fused-ring (bicyclic) bond motifs is 11. The van der Waals surface area contributed by atoms with Gasteiger partial charge in [-0.25, -0.2) is 0 Å². The Hall–Kier alpha value is -6.44. The summed E-state index contributed by atoms with van der Waals surface area (Å²) >= 11 is 0. The fourth-order valence-corrected chi connectivity index (χ4v) is 10.4. The van der Waals surface area contributed by atoms with E-state index >= 15 is 0 Å². The molecule has 0 saturated heterocycles. The van der Waals surface area contributed by atoms with Crippen molar-refractivity contribution in [2.24, 2.45) is 0 Å². The Morgan fingerprint density at radius 1 is 0.518 bits per heavy atom. The second kappa shape index (κ2) is 11.8. The van der Waals surface area contributed by atoms with E-state index in [1.165, 1.54) is 110 Å². The van der Waals surface area contributed by atoms with Crippen LogP contribution in [0.4, 0.5) is 0 Å². The van der Waals surface area contributed by atoms with E-state index in [0.717, 1.165) is 37.0 Å². The summed E-state index contributed by atoms with van der Waals surface area (Å²) in [5.41, 5.74) is 18.3. The Bertz CT molecular complexity index is 3140. The molecule has 0 N–H and O–H groups in total. The molecule has 0 radical (unpaired) electrons. The van der Waals surface area contributed by atoms with Gasteiger partial charge in [-0.05, 0) is 137 Å². The molecule has 1 nitrogen and oxygen atoms in total. The summed E-state index contributed by atoms with van der Waals surface area (Å²) in [6, 6.07) is 52.8. The molecule has 1 heterocycles. The van der Waals surface area contributed by atoms with Gasteiger partial charge in [-0.15, -0.1) is 0 Å². The van der Waals surface area contributed by atoms with Crippen molar-refractivity contribution < 1.29 is 4.42 Å². The van der Waals surface area contributed by atoms with E-state index in [9.17, 15) is 0 Å². The summed E-state index contributed by atoms with van der Waals surface area (Å²) in [7, 11) is 0. The fourth-order valence-electron chi connectivity index (χ4n) is 10.4. The van der Waals surface area contributed by atoms with Crippen molar-refractivity contribution in [1.29, 1.82) is 0 Å². The third kappa shape index (κ3) is 4.55. The minimum Gasteiger partial charge on any atom is -0.460 e. The first-order chi connectivity index (χ1) is 27.5. The van der Waals surface area contributed by atoms with E-state index in [0.29, 0.717) is 0 Å². The normalized spacial score (nSPS) is 15.2. The van der Waals surface area contributed by atoms with Crippen molar-refractivity contribution in [3.63, 3.8) is 0 Å². The first kappa shape index (κ1) is 31.9. The van der Waals surface area contributed by atoms with Crippen molar-refractivity contribution in [3.05, 3.63) is 185 Å². The molecule has 0 saturated carbocycles. The fraction of sp³-hybridized carbons (Fsp3) is 0.127. The first-order valence-electron chi connectivity index (χ1n) is 20.2. The van der Waals surface area contributed by atoms with Gasteiger partial charge in [0.05, 0.1) is 0 Å². The number of allylic oxidation sites excluding steroid dienone is 2. The first-order valence-corrected chi connectivity index (χ1v) is 20.2. The summed E-state index contributed by atoms with van der Waals surface area (Å²) in [6.07, 6.45) is 11.0. The molecule has 0 unspecified atom stereocenters. The van der Waals surface area contributed by atoms with Gasteiger partial charge in [0.2, 0.25) is 0 Å². The summed E-state index contributed by atoms with van der Waals surface area (Å²) in [5.74, 6) is 1.12. The quantitative estimate of drug-likeness (QED) is 0.166. The number of benzene rings is 8. The van der Waals surface area contributed by atoms with E-state index in [2.05, 4.69) is 172 Å². The molecule has 0 bridgehead atoms. The highest BCUT2D eigenvalue weighted by Gasteiger charge is 2.37. The second-order valence-electron chi connectivity index (χ2n) is 16.6. The Morgan fingerprint density at radius 3 is 1.96 bits per heavy atom. The van der Waals surface area contributed by atoms with Crippen molar-refractivity contribution >= 4 is 61.0 Å². The Morgan fingerprint density at radius 2 is 1.21 bits per heavy atom. The molecular weight excluding hydrogens is 677 g/mol. The van der Waals surface area contributed by atoms with Crippen molar-refractivity contribution in [2.45, 2.75) is 44.9 Å². The van der Waals surface area contributed by atoms with Gasteiger partial charge in [0.15, 0.2) is 0 Å². The number of aryl methyl sites for hydroxylation is 2. The topological polar surface area (TPSA) is 13.1 Å². The number of hydrogen-bond acceptors (Lipinski definition) is 1. The lowest BCUT2D eigenvalue weighted by molar-refractivity contribution is 0.546. The molecule has 12 rings (SSSR count). The lowest BCUT2D eigenvalue weighted by Crippen LogP contribution is -2.15. The van der Waals surface area contributed by atoms with E-state index in [1.54, 1.807) is 0 Å². The van der Waals surface area contributed by atoms with Gasteiger partial charge in [-0.3, -0.25) is 0 Å². The van der Waals surface area contributed by atoms with E-state index in [4.69, 9.17) is 4.42 Å². The zero-order valence-corrected chi connectivity index (χ0v) is 31.7. The largest absolute Gasteiger partial charge is 0.460 e. The third-order valence-corrected chi connectivity index (χ3v) is 13.2. The maximum atomic E-state index is 6.49. The molecular formula is C55H40O. The summed E-state index contributed by atoms with van der Waals surface area (Å²) < 4.78 is 6.49. The monoisotopic (exact) mass is 716 g/mol. The zero-order valence-electron chi connectivity index (χ0n) is 31.7. The smallest absolute Gasteiger partial charge is 0.135 e. The third-order valence-electron chi connectivity index (χ3n) is 13.2. The van der Waals surface area contributed by atoms with Gasteiger partial charge in [-0.1, -0.05) is 153 Å². The SMILES string of the molecule is CC1(C)c2cc(-c3c4ccccc4c(-c4ccc5c(c4)CCC(c4ccccc4)=C5)c4ccccc34)ccc2-c2c1ccc1cc3c4c(oc3cc21)CCC=C4. The van der Waals surface area contributed by atoms with Crippen LogP contribution in [0.1, 0.15) is 65.8 Å². The Labute approximate surface area is 327 Å². The van der Waals surface area contributed by atoms with Crippen LogP contribution in [0.2, 0.25) is 0 Å². The number of hydrogen-bond donors (Lipinski definition) is 0. The molecule has 0 amide bonds. The lowest BCUT2D eigenvalue weighted by atomic mass is 9.80. The van der Waals surface area contributed by atoms with Gasteiger partial charge < -0.3 is 4.42 Å². The Kier molecular flexibility index (Phi) is 6.70. The lowest BCUT2D eigenvalue weighted by Gasteiger charge is -2.23. The molecule has 1 heteroatoms. The van der Waals surface area contributed by atoms with Crippen LogP contribution in [0.3, 0.4) is 0 Å². The predicted molar refractivity (Wildman–Crippen MR) is 237 cm³/mol. The van der Waals surface area contributed by atoms with Crippen LogP contribution in [0.5, 0.6) is 0 Å². The number of rotatable bonds is 3. The minimum atomic E-state index is -0.154. The maximum Gasteiger partial charge on any atom is 0.135 e. The van der Waals surface area contributed by atoms with Crippen LogP contribution in [-0.2, 0) is 18.3 Å². The van der Waals surface area contributed by atoms with Gasteiger partial charge in [0.25, 0.3) is 0 Å². The summed E-state index contributed by atoms with van der Waals surface area (Å²) in [6.45, 7) is 4.80. The molecule has 8 aromatic carbocycles. The summed E-state index contributed by atoms with van der Waals surface area (Å²) in [4.78, 5) is 0. The van der Waals surface area contributed by atoms with E-state index < -0.39 is 0 Å². The average Bonchev–Trinajstić information content (AvgIpc) is 3.72. The van der Waals surface area contributed by atoms with E-state index in [-0.39, 0.29) is 5.41 Å². The molecule has 3 aliphatic carbocycles. The molecule has 9 aromatic rings. The van der Waals surface area contributed by atoms with Gasteiger partial charge in [0.1, 0.15) is 11.3 Å². The molecule has 56 heavy (non-hydrogen) atoms. The number of furan rings is 1.